The van der Waals surface area contributed by atoms with Crippen LogP contribution in [0.2, 0.25) is 10.0 Å². The van der Waals surface area contributed by atoms with Crippen molar-refractivity contribution in [2.45, 2.75) is 19.4 Å². The summed E-state index contributed by atoms with van der Waals surface area (Å²) in [5.41, 5.74) is 1.14. The first-order chi connectivity index (χ1) is 15.2. The van der Waals surface area contributed by atoms with Gasteiger partial charge in [0.25, 0.3) is 5.91 Å². The van der Waals surface area contributed by atoms with Crippen molar-refractivity contribution < 1.29 is 24.2 Å². The van der Waals surface area contributed by atoms with E-state index in [0.717, 1.165) is 0 Å². The van der Waals surface area contributed by atoms with Gasteiger partial charge in [-0.25, -0.2) is 0 Å². The third kappa shape index (κ3) is 6.35. The first-order valence-corrected chi connectivity index (χ1v) is 10.7. The number of ether oxygens (including phenoxy) is 1. The molecule has 0 aromatic heterocycles. The molecule has 1 saturated heterocycles. The van der Waals surface area contributed by atoms with Gasteiger partial charge in [-0.3, -0.25) is 14.4 Å². The van der Waals surface area contributed by atoms with E-state index in [2.05, 4.69) is 10.6 Å². The normalized spacial score (nSPS) is 16.6. The fourth-order valence-corrected chi connectivity index (χ4v) is 3.47. The molecule has 2 atom stereocenters. The minimum atomic E-state index is -0.647. The largest absolute Gasteiger partial charge is 0.484 e. The summed E-state index contributed by atoms with van der Waals surface area (Å²) in [4.78, 5) is 38.1. The maximum Gasteiger partial charge on any atom is 0.262 e. The van der Waals surface area contributed by atoms with Crippen molar-refractivity contribution in [1.29, 1.82) is 0 Å². The van der Waals surface area contributed by atoms with Crippen LogP contribution in [0.5, 0.6) is 5.75 Å². The van der Waals surface area contributed by atoms with E-state index in [1.54, 1.807) is 49.4 Å². The van der Waals surface area contributed by atoms with Crippen LogP contribution < -0.4 is 20.3 Å². The van der Waals surface area contributed by atoms with E-state index in [0.29, 0.717) is 27.2 Å². The molecule has 2 aromatic carbocycles. The Kier molecular flexibility index (Phi) is 7.95. The molecule has 0 spiro atoms. The Morgan fingerprint density at radius 2 is 1.91 bits per heavy atom. The average molecular weight is 480 g/mol. The van der Waals surface area contributed by atoms with Crippen LogP contribution in [0.3, 0.4) is 0 Å². The third-order valence-corrected chi connectivity index (χ3v) is 5.53. The molecular weight excluding hydrogens is 457 g/mol. The highest BCUT2D eigenvalue weighted by molar-refractivity contribution is 6.42. The Bertz CT molecular complexity index is 998. The van der Waals surface area contributed by atoms with Crippen LogP contribution in [0.15, 0.2) is 42.5 Å². The number of aliphatic hydroxyl groups excluding tert-OH is 1. The number of carbonyl (C=O) groups is 3. The Morgan fingerprint density at radius 1 is 1.19 bits per heavy atom. The molecule has 2 aromatic rings. The van der Waals surface area contributed by atoms with E-state index in [9.17, 15) is 19.5 Å². The van der Waals surface area contributed by atoms with E-state index >= 15 is 0 Å². The average Bonchev–Trinajstić information content (AvgIpc) is 3.15. The Hall–Kier alpha value is -2.81. The van der Waals surface area contributed by atoms with Gasteiger partial charge in [-0.15, -0.1) is 0 Å². The zero-order chi connectivity index (χ0) is 23.3. The molecule has 0 radical (unpaired) electrons. The molecule has 170 valence electrons. The lowest BCUT2D eigenvalue weighted by atomic mass is 10.1. The highest BCUT2D eigenvalue weighted by Crippen LogP contribution is 2.27. The van der Waals surface area contributed by atoms with Crippen molar-refractivity contribution in [2.75, 3.05) is 29.9 Å². The number of aliphatic hydroxyl groups is 1. The smallest absolute Gasteiger partial charge is 0.262 e. The topological polar surface area (TPSA) is 108 Å². The number of nitrogens with zero attached hydrogens (tertiary/aromatic N) is 1. The number of nitrogens with one attached hydrogen (secondary N) is 2. The molecule has 0 aliphatic carbocycles. The fraction of sp³-hybridized carbons (Fsp3) is 0.318. The second-order valence-electron chi connectivity index (χ2n) is 7.46. The summed E-state index contributed by atoms with van der Waals surface area (Å²) in [7, 11) is 0. The van der Waals surface area contributed by atoms with Crippen molar-refractivity contribution in [1.82, 2.24) is 5.32 Å². The predicted octanol–water partition coefficient (Wildman–Crippen LogP) is 2.86. The third-order valence-electron chi connectivity index (χ3n) is 4.79. The van der Waals surface area contributed by atoms with Gasteiger partial charge in [0.1, 0.15) is 5.75 Å². The number of hydrogen-bond donors (Lipinski definition) is 3. The van der Waals surface area contributed by atoms with E-state index in [1.807, 2.05) is 0 Å². The van der Waals surface area contributed by atoms with Crippen LogP contribution in [-0.2, 0) is 14.4 Å². The number of amides is 3. The molecule has 1 fully saturated rings. The molecule has 32 heavy (non-hydrogen) atoms. The number of hydrogen-bond acceptors (Lipinski definition) is 5. The standard InChI is InChI=1S/C22H23Cl2N3O5/c1-13(28)10-25-22(31)14-8-21(30)27(11-14)16-3-5-17(6-4-16)32-12-20(29)26-15-2-7-18(23)19(24)9-15/h2-7,9,13-14,28H,8,10-12H2,1H3,(H,25,31)(H,26,29)/t13-,14+/m0/s1. The number of carbonyl (C=O) groups excluding carboxylic acids is 3. The fourth-order valence-electron chi connectivity index (χ4n) is 3.17. The van der Waals surface area contributed by atoms with Crippen molar-refractivity contribution in [3.05, 3.63) is 52.5 Å². The first kappa shape index (κ1) is 23.8. The highest BCUT2D eigenvalue weighted by Gasteiger charge is 2.35. The van der Waals surface area contributed by atoms with Crippen LogP contribution in [0.25, 0.3) is 0 Å². The van der Waals surface area contributed by atoms with Crippen LogP contribution in [0.4, 0.5) is 11.4 Å². The van der Waals surface area contributed by atoms with Crippen molar-refractivity contribution >= 4 is 52.3 Å². The highest BCUT2D eigenvalue weighted by atomic mass is 35.5. The lowest BCUT2D eigenvalue weighted by molar-refractivity contribution is -0.126. The minimum Gasteiger partial charge on any atom is -0.484 e. The molecule has 3 rings (SSSR count). The van der Waals surface area contributed by atoms with Crippen LogP contribution in [-0.4, -0.2) is 48.6 Å². The lowest BCUT2D eigenvalue weighted by Crippen LogP contribution is -2.36. The molecule has 1 heterocycles. The van der Waals surface area contributed by atoms with Crippen molar-refractivity contribution in [2.24, 2.45) is 5.92 Å². The maximum atomic E-state index is 12.3. The second-order valence-corrected chi connectivity index (χ2v) is 8.27. The number of rotatable bonds is 8. The Morgan fingerprint density at radius 3 is 2.56 bits per heavy atom. The minimum absolute atomic E-state index is 0.110. The molecule has 0 saturated carbocycles. The van der Waals surface area contributed by atoms with Crippen LogP contribution in [0, 0.1) is 5.92 Å². The quantitative estimate of drug-likeness (QED) is 0.539. The van der Waals surface area contributed by atoms with E-state index < -0.39 is 12.0 Å². The summed E-state index contributed by atoms with van der Waals surface area (Å²) in [6.07, 6.45) is -0.538. The summed E-state index contributed by atoms with van der Waals surface area (Å²) in [5.74, 6) is -0.794. The van der Waals surface area contributed by atoms with Gasteiger partial charge >= 0.3 is 0 Å². The molecule has 0 bridgehead atoms. The molecule has 10 heteroatoms. The zero-order valence-electron chi connectivity index (χ0n) is 17.3. The number of halogens is 2. The molecule has 3 N–H and O–H groups in total. The zero-order valence-corrected chi connectivity index (χ0v) is 18.8. The number of anilines is 2. The summed E-state index contributed by atoms with van der Waals surface area (Å²) in [5, 5.41) is 15.3. The van der Waals surface area contributed by atoms with Crippen molar-refractivity contribution in [3.8, 4) is 5.75 Å². The summed E-state index contributed by atoms with van der Waals surface area (Å²) in [6, 6.07) is 11.4. The van der Waals surface area contributed by atoms with Crippen molar-refractivity contribution in [3.63, 3.8) is 0 Å². The molecule has 3 amide bonds. The van der Waals surface area contributed by atoms with Gasteiger partial charge in [0.2, 0.25) is 11.8 Å². The van der Waals surface area contributed by atoms with Gasteiger partial charge in [0, 0.05) is 30.9 Å². The molecule has 1 aliphatic heterocycles. The van der Waals surface area contributed by atoms with Crippen LogP contribution in [0.1, 0.15) is 13.3 Å². The van der Waals surface area contributed by atoms with Gasteiger partial charge in [-0.2, -0.15) is 0 Å². The molecule has 1 aliphatic rings. The van der Waals surface area contributed by atoms with E-state index in [-0.39, 0.29) is 43.8 Å². The number of benzene rings is 2. The van der Waals surface area contributed by atoms with Crippen LogP contribution >= 0.6 is 23.2 Å². The van der Waals surface area contributed by atoms with Gasteiger partial charge in [-0.1, -0.05) is 23.2 Å². The van der Waals surface area contributed by atoms with Gasteiger partial charge in [0.15, 0.2) is 6.61 Å². The summed E-state index contributed by atoms with van der Waals surface area (Å²) < 4.78 is 5.49. The summed E-state index contributed by atoms with van der Waals surface area (Å²) in [6.45, 7) is 1.77. The van der Waals surface area contributed by atoms with Gasteiger partial charge < -0.3 is 25.4 Å². The predicted molar refractivity (Wildman–Crippen MR) is 122 cm³/mol. The second kappa shape index (κ2) is 10.7. The summed E-state index contributed by atoms with van der Waals surface area (Å²) >= 11 is 11.8. The maximum absolute atomic E-state index is 12.3. The monoisotopic (exact) mass is 479 g/mol. The first-order valence-electron chi connectivity index (χ1n) is 9.97. The molecule has 0 unspecified atom stereocenters. The Labute approximate surface area is 195 Å². The van der Waals surface area contributed by atoms with Gasteiger partial charge in [-0.05, 0) is 49.4 Å². The van der Waals surface area contributed by atoms with E-state index in [1.165, 1.54) is 4.90 Å². The Balaban J connectivity index is 1.51. The SMILES string of the molecule is C[C@H](O)CNC(=O)[C@@H]1CC(=O)N(c2ccc(OCC(=O)Nc3ccc(Cl)c(Cl)c3)cc2)C1. The molecular formula is C22H23Cl2N3O5. The van der Waals surface area contributed by atoms with Gasteiger partial charge in [0.05, 0.1) is 22.1 Å². The lowest BCUT2D eigenvalue weighted by Gasteiger charge is -2.17. The van der Waals surface area contributed by atoms with E-state index in [4.69, 9.17) is 27.9 Å². The molecule has 8 nitrogen and oxygen atoms in total.